The molecular formula is C15H25N5O3S. The van der Waals surface area contributed by atoms with E-state index in [2.05, 4.69) is 20.3 Å². The lowest BCUT2D eigenvalue weighted by Gasteiger charge is -2.17. The molecule has 1 aromatic rings. The Bertz CT molecular complexity index is 704. The first-order valence-corrected chi connectivity index (χ1v) is 9.60. The van der Waals surface area contributed by atoms with E-state index in [4.69, 9.17) is 5.73 Å². The molecule has 0 unspecified atom stereocenters. The van der Waals surface area contributed by atoms with Crippen molar-refractivity contribution in [2.45, 2.75) is 33.6 Å². The van der Waals surface area contributed by atoms with E-state index in [0.717, 1.165) is 17.4 Å². The minimum atomic E-state index is -3.37. The van der Waals surface area contributed by atoms with E-state index >= 15 is 0 Å². The molecular weight excluding hydrogens is 330 g/mol. The number of anilines is 2. The molecule has 0 fully saturated rings. The molecule has 0 aliphatic heterocycles. The lowest BCUT2D eigenvalue weighted by Crippen LogP contribution is -2.40. The molecule has 5 N–H and O–H groups in total. The Labute approximate surface area is 143 Å². The summed E-state index contributed by atoms with van der Waals surface area (Å²) in [6.07, 6.45) is 2.35. The Morgan fingerprint density at radius 2 is 1.71 bits per heavy atom. The van der Waals surface area contributed by atoms with Crippen molar-refractivity contribution >= 4 is 33.4 Å². The smallest absolute Gasteiger partial charge is 0.326 e. The van der Waals surface area contributed by atoms with Crippen LogP contribution in [0.2, 0.25) is 0 Å². The number of carbonyl (C=O) groups is 1. The predicted molar refractivity (Wildman–Crippen MR) is 98.0 cm³/mol. The summed E-state index contributed by atoms with van der Waals surface area (Å²) in [7, 11) is -3.37. The highest BCUT2D eigenvalue weighted by molar-refractivity contribution is 7.92. The second-order valence-electron chi connectivity index (χ2n) is 5.19. The number of hydrogen-bond acceptors (Lipinski definition) is 4. The number of nitrogens with two attached hydrogens (primary N) is 1. The summed E-state index contributed by atoms with van der Waals surface area (Å²) >= 11 is 0. The van der Waals surface area contributed by atoms with Crippen LogP contribution >= 0.6 is 0 Å². The molecule has 0 atom stereocenters. The number of nitrogens with one attached hydrogen (secondary N) is 3. The van der Waals surface area contributed by atoms with Crippen LogP contribution in [-0.2, 0) is 22.9 Å². The maximum Gasteiger partial charge on any atom is 0.326 e. The number of carbonyl (C=O) groups excluding carboxylic acids is 1. The van der Waals surface area contributed by atoms with Crippen LogP contribution in [0.3, 0.4) is 0 Å². The number of rotatable bonds is 6. The molecule has 0 heterocycles. The average Bonchev–Trinajstić information content (AvgIpc) is 2.46. The maximum atomic E-state index is 12.1. The Balaban J connectivity index is 3.13. The number of urea groups is 1. The van der Waals surface area contributed by atoms with Gasteiger partial charge < -0.3 is 11.1 Å². The van der Waals surface area contributed by atoms with E-state index in [9.17, 15) is 13.2 Å². The number of hydrogen-bond donors (Lipinski definition) is 4. The molecule has 0 spiro atoms. The number of benzene rings is 1. The van der Waals surface area contributed by atoms with Crippen molar-refractivity contribution < 1.29 is 13.2 Å². The van der Waals surface area contributed by atoms with Crippen molar-refractivity contribution in [3.8, 4) is 0 Å². The SMILES string of the molecule is CCN=C(N)NC(=O)Nc1c(CC)cc(NS(C)(=O)=O)cc1CC. The van der Waals surface area contributed by atoms with Gasteiger partial charge >= 0.3 is 6.03 Å². The zero-order valence-corrected chi connectivity index (χ0v) is 15.3. The third-order valence-corrected chi connectivity index (χ3v) is 3.78. The second kappa shape index (κ2) is 8.53. The lowest BCUT2D eigenvalue weighted by atomic mass is 10.0. The summed E-state index contributed by atoms with van der Waals surface area (Å²) in [5.41, 5.74) is 8.35. The molecule has 0 aliphatic carbocycles. The van der Waals surface area contributed by atoms with Crippen LogP contribution < -0.4 is 21.1 Å². The van der Waals surface area contributed by atoms with Gasteiger partial charge in [-0.25, -0.2) is 13.2 Å². The normalized spacial score (nSPS) is 11.9. The van der Waals surface area contributed by atoms with Gasteiger partial charge in [0.25, 0.3) is 0 Å². The minimum Gasteiger partial charge on any atom is -0.370 e. The first-order chi connectivity index (χ1) is 11.2. The average molecular weight is 355 g/mol. The highest BCUT2D eigenvalue weighted by Gasteiger charge is 2.14. The maximum absolute atomic E-state index is 12.1. The van der Waals surface area contributed by atoms with E-state index in [1.165, 1.54) is 0 Å². The molecule has 8 nitrogen and oxygen atoms in total. The molecule has 1 aromatic carbocycles. The molecule has 0 aliphatic rings. The zero-order chi connectivity index (χ0) is 18.3. The molecule has 134 valence electrons. The Morgan fingerprint density at radius 3 is 2.12 bits per heavy atom. The van der Waals surface area contributed by atoms with E-state index in [0.29, 0.717) is 30.8 Å². The summed E-state index contributed by atoms with van der Waals surface area (Å²) in [5, 5.41) is 5.22. The Kier molecular flexibility index (Phi) is 7.02. The fourth-order valence-corrected chi connectivity index (χ4v) is 2.78. The molecule has 2 amide bonds. The predicted octanol–water partition coefficient (Wildman–Crippen LogP) is 1.64. The number of aliphatic imine (C=N–C) groups is 1. The lowest BCUT2D eigenvalue weighted by molar-refractivity contribution is 0.256. The van der Waals surface area contributed by atoms with Gasteiger partial charge in [-0.1, -0.05) is 13.8 Å². The number of amides is 2. The van der Waals surface area contributed by atoms with Crippen molar-refractivity contribution in [3.05, 3.63) is 23.3 Å². The Morgan fingerprint density at radius 1 is 1.17 bits per heavy atom. The second-order valence-corrected chi connectivity index (χ2v) is 6.94. The topological polar surface area (TPSA) is 126 Å². The largest absolute Gasteiger partial charge is 0.370 e. The summed E-state index contributed by atoms with van der Waals surface area (Å²) in [4.78, 5) is 15.9. The molecule has 24 heavy (non-hydrogen) atoms. The molecule has 0 saturated carbocycles. The molecule has 0 radical (unpaired) electrons. The van der Waals surface area contributed by atoms with Crippen molar-refractivity contribution in [1.29, 1.82) is 0 Å². The molecule has 9 heteroatoms. The van der Waals surface area contributed by atoms with Crippen LogP contribution in [0.1, 0.15) is 31.9 Å². The van der Waals surface area contributed by atoms with Gasteiger partial charge in [0.15, 0.2) is 5.96 Å². The zero-order valence-electron chi connectivity index (χ0n) is 14.4. The van der Waals surface area contributed by atoms with Gasteiger partial charge in [0, 0.05) is 17.9 Å². The summed E-state index contributed by atoms with van der Waals surface area (Å²) in [6.45, 7) is 6.13. The number of guanidine groups is 1. The van der Waals surface area contributed by atoms with E-state index in [-0.39, 0.29) is 5.96 Å². The third kappa shape index (κ3) is 6.07. The minimum absolute atomic E-state index is 0.0430. The van der Waals surface area contributed by atoms with Crippen LogP contribution in [0.5, 0.6) is 0 Å². The van der Waals surface area contributed by atoms with Crippen molar-refractivity contribution in [3.63, 3.8) is 0 Å². The summed E-state index contributed by atoms with van der Waals surface area (Å²) in [5.74, 6) is 0.0430. The molecule has 0 saturated heterocycles. The van der Waals surface area contributed by atoms with Gasteiger partial charge in [0.1, 0.15) is 0 Å². The highest BCUT2D eigenvalue weighted by Crippen LogP contribution is 2.27. The third-order valence-electron chi connectivity index (χ3n) is 3.18. The van der Waals surface area contributed by atoms with E-state index in [1.807, 2.05) is 20.8 Å². The fourth-order valence-electron chi connectivity index (χ4n) is 2.23. The quantitative estimate of drug-likeness (QED) is 0.457. The molecule has 0 bridgehead atoms. The molecule has 0 aromatic heterocycles. The first kappa shape index (κ1) is 19.8. The summed E-state index contributed by atoms with van der Waals surface area (Å²) in [6, 6.07) is 2.93. The van der Waals surface area contributed by atoms with E-state index < -0.39 is 16.1 Å². The number of sulfonamides is 1. The van der Waals surface area contributed by atoms with Crippen LogP contribution in [-0.4, -0.2) is 33.2 Å². The van der Waals surface area contributed by atoms with Crippen LogP contribution in [0.15, 0.2) is 17.1 Å². The van der Waals surface area contributed by atoms with Crippen molar-refractivity contribution in [2.24, 2.45) is 10.7 Å². The summed E-state index contributed by atoms with van der Waals surface area (Å²) < 4.78 is 25.3. The van der Waals surface area contributed by atoms with Gasteiger partial charge in [0.2, 0.25) is 10.0 Å². The first-order valence-electron chi connectivity index (χ1n) is 7.71. The molecule has 1 rings (SSSR count). The number of nitrogens with zero attached hydrogens (tertiary/aromatic N) is 1. The van der Waals surface area contributed by atoms with Gasteiger partial charge in [0.05, 0.1) is 6.26 Å². The van der Waals surface area contributed by atoms with Gasteiger partial charge in [-0.05, 0) is 43.0 Å². The number of aryl methyl sites for hydroxylation is 2. The van der Waals surface area contributed by atoms with Gasteiger partial charge in [-0.2, -0.15) is 0 Å². The standard InChI is InChI=1S/C15H25N5O3S/c1-5-10-8-12(20-24(4,22)23)9-11(6-2)13(10)18-15(21)19-14(16)17-7-3/h8-9,20H,5-7H2,1-4H3,(H4,16,17,18,19,21). The Hall–Kier alpha value is -2.29. The van der Waals surface area contributed by atoms with Crippen LogP contribution in [0, 0.1) is 0 Å². The van der Waals surface area contributed by atoms with Crippen LogP contribution in [0.4, 0.5) is 16.2 Å². The van der Waals surface area contributed by atoms with E-state index in [1.54, 1.807) is 12.1 Å². The monoisotopic (exact) mass is 355 g/mol. The van der Waals surface area contributed by atoms with Gasteiger partial charge in [-0.3, -0.25) is 15.0 Å². The van der Waals surface area contributed by atoms with Crippen molar-refractivity contribution in [2.75, 3.05) is 22.8 Å². The fraction of sp³-hybridized carbons (Fsp3) is 0.467. The van der Waals surface area contributed by atoms with Gasteiger partial charge in [-0.15, -0.1) is 0 Å². The highest BCUT2D eigenvalue weighted by atomic mass is 32.2. The van der Waals surface area contributed by atoms with Crippen molar-refractivity contribution in [1.82, 2.24) is 5.32 Å². The van der Waals surface area contributed by atoms with Crippen LogP contribution in [0.25, 0.3) is 0 Å².